The number of ether oxygens (including phenoxy) is 1. The van der Waals surface area contributed by atoms with E-state index in [0.29, 0.717) is 6.23 Å². The molecule has 0 amide bonds. The molecule has 0 spiro atoms. The molecule has 0 aromatic rings. The van der Waals surface area contributed by atoms with Gasteiger partial charge in [-0.15, -0.1) is 34.1 Å². The summed E-state index contributed by atoms with van der Waals surface area (Å²) in [5.74, 6) is 0. The number of hydrogen-bond donors (Lipinski definition) is 0. The van der Waals surface area contributed by atoms with Crippen molar-refractivity contribution in [2.45, 2.75) is 6.55 Å². The van der Waals surface area contributed by atoms with E-state index >= 15 is 0 Å². The van der Waals surface area contributed by atoms with Gasteiger partial charge in [0.15, 0.2) is 8.80 Å². The monoisotopic (exact) mass is 238 g/mol. The minimum absolute atomic E-state index is 0.644. The quantitative estimate of drug-likeness (QED) is 0.412. The van der Waals surface area contributed by atoms with Crippen molar-refractivity contribution in [3.8, 4) is 12.0 Å². The summed E-state index contributed by atoms with van der Waals surface area (Å²) in [5, 5.41) is 0. The maximum absolute atomic E-state index is 5.86. The average Bonchev–Trinajstić information content (AvgIpc) is 1.96. The topological polar surface area (TPSA) is 9.23 Å². The Balaban J connectivity index is 4.04. The van der Waals surface area contributed by atoms with Gasteiger partial charge < -0.3 is 4.74 Å². The SMILES string of the molecule is C#C[SiH](C=C[Si](C)(Cl)Cl)COC. The Hall–Kier alpha value is 0.274. The van der Waals surface area contributed by atoms with Crippen LogP contribution in [0.3, 0.4) is 0 Å². The van der Waals surface area contributed by atoms with Gasteiger partial charge in [0.25, 0.3) is 6.69 Å². The molecule has 68 valence electrons. The van der Waals surface area contributed by atoms with Crippen molar-refractivity contribution >= 4 is 37.6 Å². The highest BCUT2D eigenvalue weighted by Gasteiger charge is 2.16. The van der Waals surface area contributed by atoms with Crippen molar-refractivity contribution < 1.29 is 4.74 Å². The Morgan fingerprint density at radius 1 is 1.67 bits per heavy atom. The highest BCUT2D eigenvalue weighted by molar-refractivity contribution is 7.47. The Kier molecular flexibility index (Phi) is 5.97. The van der Waals surface area contributed by atoms with Crippen molar-refractivity contribution in [3.63, 3.8) is 0 Å². The predicted molar refractivity (Wildman–Crippen MR) is 60.3 cm³/mol. The van der Waals surface area contributed by atoms with Gasteiger partial charge in [-0.25, -0.2) is 0 Å². The van der Waals surface area contributed by atoms with E-state index in [1.165, 1.54) is 0 Å². The maximum Gasteiger partial charge on any atom is 0.270 e. The second-order valence-corrected chi connectivity index (χ2v) is 12.3. The molecule has 0 saturated carbocycles. The Labute approximate surface area is 85.7 Å². The van der Waals surface area contributed by atoms with E-state index in [-0.39, 0.29) is 0 Å². The minimum atomic E-state index is -2.12. The molecule has 0 rings (SSSR count). The molecule has 1 unspecified atom stereocenters. The minimum Gasteiger partial charge on any atom is -0.387 e. The van der Waals surface area contributed by atoms with Gasteiger partial charge in [-0.05, 0) is 6.55 Å². The molecule has 0 saturated heterocycles. The van der Waals surface area contributed by atoms with Gasteiger partial charge >= 0.3 is 0 Å². The molecular weight excluding hydrogens is 227 g/mol. The molecule has 1 nitrogen and oxygen atoms in total. The van der Waals surface area contributed by atoms with Crippen LogP contribution in [0.15, 0.2) is 11.4 Å². The summed E-state index contributed by atoms with van der Waals surface area (Å²) in [6.45, 7) is -0.283. The van der Waals surface area contributed by atoms with E-state index in [9.17, 15) is 0 Å². The standard InChI is InChI=1S/C7H12Cl2OSi2/c1-4-11(7-10-2)5-6-12(3,8)9/h1,5-6,11H,7H2,2-3H3. The molecule has 0 aliphatic carbocycles. The molecule has 0 aromatic heterocycles. The van der Waals surface area contributed by atoms with Crippen LogP contribution in [0, 0.1) is 12.0 Å². The summed E-state index contributed by atoms with van der Waals surface area (Å²) in [5.41, 5.74) is 6.53. The smallest absolute Gasteiger partial charge is 0.270 e. The van der Waals surface area contributed by atoms with Crippen molar-refractivity contribution in [1.82, 2.24) is 0 Å². The average molecular weight is 239 g/mol. The second kappa shape index (κ2) is 5.84. The van der Waals surface area contributed by atoms with Crippen molar-refractivity contribution in [2.75, 3.05) is 13.3 Å². The predicted octanol–water partition coefficient (Wildman–Crippen LogP) is 1.76. The van der Waals surface area contributed by atoms with Crippen LogP contribution in [0.4, 0.5) is 0 Å². The largest absolute Gasteiger partial charge is 0.387 e. The van der Waals surface area contributed by atoms with Crippen molar-refractivity contribution in [2.24, 2.45) is 0 Å². The maximum atomic E-state index is 5.86. The van der Waals surface area contributed by atoms with Crippen LogP contribution >= 0.6 is 22.2 Å². The zero-order valence-electron chi connectivity index (χ0n) is 7.18. The fourth-order valence-corrected chi connectivity index (χ4v) is 4.89. The Morgan fingerprint density at radius 2 is 2.25 bits per heavy atom. The van der Waals surface area contributed by atoms with E-state index in [0.717, 1.165) is 0 Å². The Morgan fingerprint density at radius 3 is 2.58 bits per heavy atom. The molecule has 1 atom stereocenters. The van der Waals surface area contributed by atoms with Gasteiger partial charge in [-0.2, -0.15) is 0 Å². The van der Waals surface area contributed by atoms with Gasteiger partial charge in [0.1, 0.15) is 0 Å². The zero-order chi connectivity index (χ0) is 9.61. The first-order chi connectivity index (χ1) is 5.49. The van der Waals surface area contributed by atoms with E-state index in [1.54, 1.807) is 7.11 Å². The molecule has 0 bridgehead atoms. The summed E-state index contributed by atoms with van der Waals surface area (Å²) >= 11 is 11.7. The summed E-state index contributed by atoms with van der Waals surface area (Å²) in [4.78, 5) is 0. The number of rotatable bonds is 4. The molecule has 0 aliphatic heterocycles. The van der Waals surface area contributed by atoms with Gasteiger partial charge in [0.2, 0.25) is 0 Å². The summed E-state index contributed by atoms with van der Waals surface area (Å²) in [6.07, 6.45) is 5.94. The van der Waals surface area contributed by atoms with E-state index in [4.69, 9.17) is 33.3 Å². The third kappa shape index (κ3) is 6.95. The fraction of sp³-hybridized carbons (Fsp3) is 0.429. The number of terminal acetylenes is 1. The fourth-order valence-electron chi connectivity index (χ4n) is 0.624. The summed E-state index contributed by atoms with van der Waals surface area (Å²) in [7, 11) is 0.320. The molecule has 12 heavy (non-hydrogen) atoms. The number of methoxy groups -OCH3 is 1. The lowest BCUT2D eigenvalue weighted by Crippen LogP contribution is -2.18. The first kappa shape index (κ1) is 12.3. The normalized spacial score (nSPS) is 14.6. The van der Waals surface area contributed by atoms with Gasteiger partial charge in [-0.1, -0.05) is 11.4 Å². The number of halogens is 2. The first-order valence-corrected chi connectivity index (χ1v) is 10.2. The van der Waals surface area contributed by atoms with Gasteiger partial charge in [0.05, 0.1) is 6.23 Å². The second-order valence-electron chi connectivity index (χ2n) is 2.54. The third-order valence-corrected chi connectivity index (χ3v) is 4.88. The highest BCUT2D eigenvalue weighted by Crippen LogP contribution is 2.15. The lowest BCUT2D eigenvalue weighted by atomic mass is 11.2. The first-order valence-electron chi connectivity index (χ1n) is 3.52. The van der Waals surface area contributed by atoms with Crippen LogP contribution in [0.25, 0.3) is 0 Å². The molecule has 5 heteroatoms. The zero-order valence-corrected chi connectivity index (χ0v) is 10.8. The van der Waals surface area contributed by atoms with E-state index in [2.05, 4.69) is 5.54 Å². The third-order valence-electron chi connectivity index (χ3n) is 1.18. The molecule has 0 aliphatic rings. The molecule has 0 heterocycles. The highest BCUT2D eigenvalue weighted by atomic mass is 35.7. The molecule has 0 N–H and O–H groups in total. The Bertz CT molecular complexity index is 193. The lowest BCUT2D eigenvalue weighted by molar-refractivity contribution is 0.251. The number of hydrogen-bond acceptors (Lipinski definition) is 1. The van der Waals surface area contributed by atoms with Crippen molar-refractivity contribution in [3.05, 3.63) is 11.4 Å². The van der Waals surface area contributed by atoms with Crippen LogP contribution in [0.2, 0.25) is 6.55 Å². The van der Waals surface area contributed by atoms with E-state index in [1.807, 2.05) is 17.9 Å². The summed E-state index contributed by atoms with van der Waals surface area (Å²) < 4.78 is 4.96. The summed E-state index contributed by atoms with van der Waals surface area (Å²) in [6, 6.07) is 0. The molecular formula is C7H12Cl2OSi2. The van der Waals surface area contributed by atoms with Gasteiger partial charge in [-0.3, -0.25) is 0 Å². The van der Waals surface area contributed by atoms with Crippen LogP contribution in [0.5, 0.6) is 0 Å². The van der Waals surface area contributed by atoms with E-state index < -0.39 is 15.5 Å². The lowest BCUT2D eigenvalue weighted by Gasteiger charge is -2.04. The van der Waals surface area contributed by atoms with Crippen LogP contribution in [-0.4, -0.2) is 28.8 Å². The molecule has 0 radical (unpaired) electrons. The molecule has 0 aromatic carbocycles. The van der Waals surface area contributed by atoms with Crippen LogP contribution < -0.4 is 0 Å². The van der Waals surface area contributed by atoms with Crippen LogP contribution in [-0.2, 0) is 4.74 Å². The van der Waals surface area contributed by atoms with Crippen LogP contribution in [0.1, 0.15) is 0 Å². The van der Waals surface area contributed by atoms with Gasteiger partial charge in [0, 0.05) is 7.11 Å². The molecule has 0 fully saturated rings. The van der Waals surface area contributed by atoms with Crippen molar-refractivity contribution in [1.29, 1.82) is 0 Å².